The molecule has 0 radical (unpaired) electrons. The average molecular weight is 525 g/mol. The summed E-state index contributed by atoms with van der Waals surface area (Å²) in [7, 11) is 0. The quantitative estimate of drug-likeness (QED) is 0.147. The number of para-hydroxylation sites is 1. The molecule has 200 valence electrons. The molecule has 38 heavy (non-hydrogen) atoms. The van der Waals surface area contributed by atoms with Crippen LogP contribution >= 0.6 is 0 Å². The predicted molar refractivity (Wildman–Crippen MR) is 137 cm³/mol. The van der Waals surface area contributed by atoms with Gasteiger partial charge in [0.2, 0.25) is 5.91 Å². The van der Waals surface area contributed by atoms with Gasteiger partial charge in [-0.15, -0.1) is 0 Å². The second-order valence-electron chi connectivity index (χ2n) is 8.66. The van der Waals surface area contributed by atoms with Gasteiger partial charge in [-0.05, 0) is 49.2 Å². The fourth-order valence-electron chi connectivity index (χ4n) is 4.22. The molecular weight excluding hydrogens is 496 g/mol. The highest BCUT2D eigenvalue weighted by molar-refractivity contribution is 6.16. The average Bonchev–Trinajstić information content (AvgIpc) is 3.37. The maximum atomic E-state index is 13.6. The smallest absolute Gasteiger partial charge is 0.334 e. The predicted octanol–water partition coefficient (Wildman–Crippen LogP) is 0.824. The van der Waals surface area contributed by atoms with Crippen molar-refractivity contribution in [2.24, 2.45) is 11.5 Å². The fraction of sp³-hybridized carbons (Fsp3) is 0.280. The number of benzene rings is 2. The number of anilines is 2. The number of nitrogens with two attached hydrogens (primary N) is 2. The number of carbonyl (C=O) groups excluding carboxylic acids is 3. The van der Waals surface area contributed by atoms with Crippen molar-refractivity contribution < 1.29 is 34.2 Å². The number of hydrogen-bond acceptors (Lipinski definition) is 7. The SMILES string of the molecule is N=C(N)c1ccc(NC(=O)N2CCCC2C(=O)[C@@H](C(=O)O)N(C(=O)[C@@H](N)CC(=O)O)c2ccccc2)cc1. The number of Topliss-reactive ketones (excluding diaryl/α,β-unsaturated/α-hetero) is 1. The van der Waals surface area contributed by atoms with E-state index in [9.17, 15) is 29.1 Å². The van der Waals surface area contributed by atoms with Crippen LogP contribution in [0.15, 0.2) is 54.6 Å². The zero-order chi connectivity index (χ0) is 28.0. The van der Waals surface area contributed by atoms with E-state index < -0.39 is 54.2 Å². The van der Waals surface area contributed by atoms with E-state index >= 15 is 0 Å². The Hall–Kier alpha value is -4.78. The van der Waals surface area contributed by atoms with Crippen LogP contribution < -0.4 is 21.7 Å². The van der Waals surface area contributed by atoms with Crippen LogP contribution in [0.5, 0.6) is 0 Å². The van der Waals surface area contributed by atoms with Gasteiger partial charge in [0.05, 0.1) is 18.5 Å². The van der Waals surface area contributed by atoms with Crippen molar-refractivity contribution in [1.29, 1.82) is 5.41 Å². The summed E-state index contributed by atoms with van der Waals surface area (Å²) in [6.45, 7) is 0.165. The van der Waals surface area contributed by atoms with Gasteiger partial charge in [-0.2, -0.15) is 0 Å². The lowest BCUT2D eigenvalue weighted by Crippen LogP contribution is -2.59. The molecule has 13 nitrogen and oxygen atoms in total. The van der Waals surface area contributed by atoms with Gasteiger partial charge in [0.1, 0.15) is 5.84 Å². The molecule has 1 aliphatic heterocycles. The minimum absolute atomic E-state index is 0.0404. The first-order valence-electron chi connectivity index (χ1n) is 11.7. The number of likely N-dealkylation sites (tertiary alicyclic amines) is 1. The first-order valence-corrected chi connectivity index (χ1v) is 11.7. The molecule has 1 unspecified atom stereocenters. The summed E-state index contributed by atoms with van der Waals surface area (Å²) in [6, 6.07) is 8.11. The Morgan fingerprint density at radius 2 is 1.68 bits per heavy atom. The van der Waals surface area contributed by atoms with Gasteiger partial charge < -0.3 is 31.9 Å². The lowest BCUT2D eigenvalue weighted by molar-refractivity contribution is -0.145. The first kappa shape index (κ1) is 27.8. The highest BCUT2D eigenvalue weighted by atomic mass is 16.4. The molecule has 0 aromatic heterocycles. The number of hydrogen-bond donors (Lipinski definition) is 6. The Labute approximate surface area is 217 Å². The summed E-state index contributed by atoms with van der Waals surface area (Å²) in [4.78, 5) is 65.3. The van der Waals surface area contributed by atoms with Gasteiger partial charge in [-0.1, -0.05) is 18.2 Å². The van der Waals surface area contributed by atoms with E-state index in [-0.39, 0.29) is 24.5 Å². The molecule has 13 heteroatoms. The summed E-state index contributed by atoms with van der Waals surface area (Å²) in [5.41, 5.74) is 12.1. The normalized spacial score (nSPS) is 16.2. The number of nitrogen functional groups attached to an aromatic ring is 1. The third-order valence-corrected chi connectivity index (χ3v) is 6.03. The number of carbonyl (C=O) groups is 5. The molecule has 1 aliphatic rings. The van der Waals surface area contributed by atoms with E-state index in [4.69, 9.17) is 22.0 Å². The van der Waals surface area contributed by atoms with Crippen molar-refractivity contribution in [3.05, 3.63) is 60.2 Å². The standard InChI is InChI=1S/C25H28N6O7/c26-17(13-19(32)33)23(35)31(16-5-2-1-3-6-16)20(24(36)37)21(34)18-7-4-12-30(18)25(38)29-15-10-8-14(9-11-15)22(27)28/h1-3,5-6,8-11,17-18,20H,4,7,12-13,26H2,(H3,27,28)(H,29,38)(H,32,33)(H,36,37)/t17-,18?,20-/m0/s1. The molecule has 3 rings (SSSR count). The van der Waals surface area contributed by atoms with Crippen molar-refractivity contribution in [2.75, 3.05) is 16.8 Å². The van der Waals surface area contributed by atoms with E-state index in [1.165, 1.54) is 53.4 Å². The molecule has 2 aromatic rings. The topological polar surface area (TPSA) is 220 Å². The Morgan fingerprint density at radius 3 is 2.24 bits per heavy atom. The van der Waals surface area contributed by atoms with Crippen LogP contribution in [0.25, 0.3) is 0 Å². The van der Waals surface area contributed by atoms with E-state index in [1.807, 2.05) is 0 Å². The van der Waals surface area contributed by atoms with Gasteiger partial charge >= 0.3 is 18.0 Å². The molecule has 0 bridgehead atoms. The van der Waals surface area contributed by atoms with Crippen molar-refractivity contribution in [3.63, 3.8) is 0 Å². The molecule has 3 amide bonds. The summed E-state index contributed by atoms with van der Waals surface area (Å²) in [6.07, 6.45) is -0.197. The van der Waals surface area contributed by atoms with Crippen molar-refractivity contribution >= 4 is 46.9 Å². The molecule has 1 fully saturated rings. The van der Waals surface area contributed by atoms with E-state index in [0.29, 0.717) is 22.6 Å². The molecule has 8 N–H and O–H groups in total. The number of ketones is 1. The molecule has 2 aromatic carbocycles. The summed E-state index contributed by atoms with van der Waals surface area (Å²) < 4.78 is 0. The van der Waals surface area contributed by atoms with Crippen LogP contribution in [0, 0.1) is 5.41 Å². The molecule has 3 atom stereocenters. The molecule has 1 heterocycles. The zero-order valence-electron chi connectivity index (χ0n) is 20.2. The second-order valence-corrected chi connectivity index (χ2v) is 8.66. The summed E-state index contributed by atoms with van der Waals surface area (Å²) in [5.74, 6) is -5.14. The van der Waals surface area contributed by atoms with Crippen LogP contribution in [-0.4, -0.2) is 75.3 Å². The van der Waals surface area contributed by atoms with Crippen LogP contribution in [0.2, 0.25) is 0 Å². The zero-order valence-corrected chi connectivity index (χ0v) is 20.2. The number of amides is 3. The minimum Gasteiger partial charge on any atom is -0.481 e. The van der Waals surface area contributed by atoms with E-state index in [0.717, 1.165) is 0 Å². The lowest BCUT2D eigenvalue weighted by Gasteiger charge is -2.33. The van der Waals surface area contributed by atoms with Crippen molar-refractivity contribution in [2.45, 2.75) is 37.4 Å². The van der Waals surface area contributed by atoms with Gasteiger partial charge in [-0.25, -0.2) is 9.59 Å². The summed E-state index contributed by atoms with van der Waals surface area (Å²) in [5, 5.41) is 29.2. The number of rotatable bonds is 10. The molecule has 0 spiro atoms. The van der Waals surface area contributed by atoms with Crippen molar-refractivity contribution in [1.82, 2.24) is 4.90 Å². The number of aliphatic carboxylic acids is 2. The molecule has 0 aliphatic carbocycles. The fourth-order valence-corrected chi connectivity index (χ4v) is 4.22. The Bertz CT molecular complexity index is 1230. The third-order valence-electron chi connectivity index (χ3n) is 6.03. The third kappa shape index (κ3) is 6.31. The number of urea groups is 1. The Morgan fingerprint density at radius 1 is 1.05 bits per heavy atom. The van der Waals surface area contributed by atoms with Gasteiger partial charge in [-0.3, -0.25) is 24.7 Å². The number of carboxylic acids is 2. The van der Waals surface area contributed by atoms with Crippen molar-refractivity contribution in [3.8, 4) is 0 Å². The van der Waals surface area contributed by atoms with E-state index in [2.05, 4.69) is 5.32 Å². The number of amidine groups is 1. The number of carboxylic acid groups (broad SMARTS) is 2. The maximum Gasteiger partial charge on any atom is 0.334 e. The number of nitrogens with one attached hydrogen (secondary N) is 2. The van der Waals surface area contributed by atoms with E-state index in [1.54, 1.807) is 6.07 Å². The molecule has 1 saturated heterocycles. The van der Waals surface area contributed by atoms with Crippen LogP contribution in [-0.2, 0) is 19.2 Å². The van der Waals surface area contributed by atoms with Crippen LogP contribution in [0.3, 0.4) is 0 Å². The number of nitrogens with zero attached hydrogens (tertiary/aromatic N) is 2. The van der Waals surface area contributed by atoms with Crippen LogP contribution in [0.1, 0.15) is 24.8 Å². The van der Waals surface area contributed by atoms with Crippen LogP contribution in [0.4, 0.5) is 16.2 Å². The molecule has 0 saturated carbocycles. The minimum atomic E-state index is -2.06. The van der Waals surface area contributed by atoms with Gasteiger partial charge in [0, 0.05) is 23.5 Å². The Balaban J connectivity index is 1.89. The van der Waals surface area contributed by atoms with Gasteiger partial charge in [0.15, 0.2) is 11.8 Å². The highest BCUT2D eigenvalue weighted by Gasteiger charge is 2.45. The first-order chi connectivity index (χ1) is 18.0. The lowest BCUT2D eigenvalue weighted by atomic mass is 9.99. The van der Waals surface area contributed by atoms with Gasteiger partial charge in [0.25, 0.3) is 0 Å². The maximum absolute atomic E-state index is 13.6. The second kappa shape index (κ2) is 12.0. The Kier molecular flexibility index (Phi) is 8.76. The monoisotopic (exact) mass is 524 g/mol. The molecular formula is C25H28N6O7. The summed E-state index contributed by atoms with van der Waals surface area (Å²) >= 11 is 0. The highest BCUT2D eigenvalue weighted by Crippen LogP contribution is 2.26. The largest absolute Gasteiger partial charge is 0.481 e.